The molecule has 2 rings (SSSR count). The second kappa shape index (κ2) is 8.52. The Morgan fingerprint density at radius 2 is 1.42 bits per heavy atom. The first kappa shape index (κ1) is 19.5. The van der Waals surface area contributed by atoms with Crippen LogP contribution >= 0.6 is 0 Å². The molecule has 0 spiro atoms. The molecule has 2 N–H and O–H groups in total. The third kappa shape index (κ3) is 4.63. The number of benzene rings is 2. The minimum absolute atomic E-state index is 0.641. The SMILES string of the molecule is CCN(CC)c1ccc(NC(=O)C(=O)Nc2cc(C)ccc2C)c(C)c1. The van der Waals surface area contributed by atoms with E-state index in [1.54, 1.807) is 0 Å². The molecule has 2 aromatic rings. The van der Waals surface area contributed by atoms with Crippen LogP contribution in [-0.2, 0) is 9.59 Å². The van der Waals surface area contributed by atoms with Crippen LogP contribution in [0.1, 0.15) is 30.5 Å². The van der Waals surface area contributed by atoms with Crippen molar-refractivity contribution < 1.29 is 9.59 Å². The molecule has 0 bridgehead atoms. The summed E-state index contributed by atoms with van der Waals surface area (Å²) in [6, 6.07) is 11.5. The van der Waals surface area contributed by atoms with Crippen molar-refractivity contribution in [3.8, 4) is 0 Å². The van der Waals surface area contributed by atoms with Gasteiger partial charge < -0.3 is 15.5 Å². The summed E-state index contributed by atoms with van der Waals surface area (Å²) < 4.78 is 0. The summed E-state index contributed by atoms with van der Waals surface area (Å²) in [7, 11) is 0. The van der Waals surface area contributed by atoms with Gasteiger partial charge >= 0.3 is 11.8 Å². The fourth-order valence-electron chi connectivity index (χ4n) is 2.80. The van der Waals surface area contributed by atoms with Crippen LogP contribution in [0, 0.1) is 20.8 Å². The van der Waals surface area contributed by atoms with E-state index < -0.39 is 11.8 Å². The van der Waals surface area contributed by atoms with Gasteiger partial charge in [-0.15, -0.1) is 0 Å². The van der Waals surface area contributed by atoms with Crippen molar-refractivity contribution in [3.63, 3.8) is 0 Å². The summed E-state index contributed by atoms with van der Waals surface area (Å²) in [5, 5.41) is 5.38. The highest BCUT2D eigenvalue weighted by atomic mass is 16.2. The number of nitrogens with one attached hydrogen (secondary N) is 2. The molecule has 2 aromatic carbocycles. The molecule has 0 radical (unpaired) electrons. The van der Waals surface area contributed by atoms with Gasteiger partial charge in [0.05, 0.1) is 0 Å². The molecule has 0 heterocycles. The number of hydrogen-bond donors (Lipinski definition) is 2. The molecule has 0 saturated carbocycles. The molecule has 138 valence electrons. The number of carbonyl (C=O) groups excluding carboxylic acids is 2. The van der Waals surface area contributed by atoms with E-state index in [-0.39, 0.29) is 0 Å². The molecule has 0 unspecified atom stereocenters. The summed E-state index contributed by atoms with van der Waals surface area (Å²) in [6.07, 6.45) is 0. The van der Waals surface area contributed by atoms with E-state index in [4.69, 9.17) is 0 Å². The first-order chi connectivity index (χ1) is 12.3. The predicted molar refractivity (Wildman–Crippen MR) is 108 cm³/mol. The van der Waals surface area contributed by atoms with Crippen LogP contribution in [0.2, 0.25) is 0 Å². The molecule has 0 aliphatic rings. The maximum Gasteiger partial charge on any atom is 0.314 e. The van der Waals surface area contributed by atoms with Crippen molar-refractivity contribution in [1.29, 1.82) is 0 Å². The van der Waals surface area contributed by atoms with Gasteiger partial charge in [0.15, 0.2) is 0 Å². The quantitative estimate of drug-likeness (QED) is 0.798. The molecule has 0 saturated heterocycles. The van der Waals surface area contributed by atoms with Crippen LogP contribution in [-0.4, -0.2) is 24.9 Å². The molecule has 0 aromatic heterocycles. The Bertz CT molecular complexity index is 811. The summed E-state index contributed by atoms with van der Waals surface area (Å²) in [5.74, 6) is -1.35. The number of hydrogen-bond acceptors (Lipinski definition) is 3. The minimum atomic E-state index is -0.676. The molecule has 5 heteroatoms. The third-order valence-electron chi connectivity index (χ3n) is 4.43. The van der Waals surface area contributed by atoms with E-state index in [1.165, 1.54) is 0 Å². The second-order valence-corrected chi connectivity index (χ2v) is 6.40. The lowest BCUT2D eigenvalue weighted by Crippen LogP contribution is -2.29. The standard InChI is InChI=1S/C21H27N3O2/c1-6-24(7-2)17-10-11-18(16(5)13-17)22-20(25)21(26)23-19-12-14(3)8-9-15(19)4/h8-13H,6-7H2,1-5H3,(H,22,25)(H,23,26). The molecular formula is C21H27N3O2. The average Bonchev–Trinajstić information content (AvgIpc) is 2.61. The lowest BCUT2D eigenvalue weighted by Gasteiger charge is -2.22. The Kier molecular flexibility index (Phi) is 6.39. The van der Waals surface area contributed by atoms with E-state index in [1.807, 2.05) is 57.2 Å². The molecule has 0 aliphatic carbocycles. The van der Waals surface area contributed by atoms with E-state index >= 15 is 0 Å². The molecular weight excluding hydrogens is 326 g/mol. The highest BCUT2D eigenvalue weighted by Gasteiger charge is 2.16. The topological polar surface area (TPSA) is 61.4 Å². The zero-order chi connectivity index (χ0) is 19.3. The van der Waals surface area contributed by atoms with Gasteiger partial charge in [-0.25, -0.2) is 0 Å². The molecule has 26 heavy (non-hydrogen) atoms. The van der Waals surface area contributed by atoms with Crippen molar-refractivity contribution in [2.24, 2.45) is 0 Å². The van der Waals surface area contributed by atoms with Crippen LogP contribution < -0.4 is 15.5 Å². The van der Waals surface area contributed by atoms with E-state index in [0.29, 0.717) is 11.4 Å². The van der Waals surface area contributed by atoms with Gasteiger partial charge in [-0.2, -0.15) is 0 Å². The predicted octanol–water partition coefficient (Wildman–Crippen LogP) is 4.04. The van der Waals surface area contributed by atoms with Gasteiger partial charge in [-0.1, -0.05) is 12.1 Å². The van der Waals surface area contributed by atoms with E-state index in [0.717, 1.165) is 35.5 Å². The number of rotatable bonds is 5. The highest BCUT2D eigenvalue weighted by Crippen LogP contribution is 2.23. The number of amides is 2. The van der Waals surface area contributed by atoms with Gasteiger partial charge in [0, 0.05) is 30.2 Å². The largest absolute Gasteiger partial charge is 0.372 e. The summed E-state index contributed by atoms with van der Waals surface area (Å²) >= 11 is 0. The summed E-state index contributed by atoms with van der Waals surface area (Å²) in [6.45, 7) is 11.8. The van der Waals surface area contributed by atoms with Gasteiger partial charge in [-0.05, 0) is 75.6 Å². The normalized spacial score (nSPS) is 10.3. The number of nitrogens with zero attached hydrogens (tertiary/aromatic N) is 1. The van der Waals surface area contributed by atoms with Crippen molar-refractivity contribution in [2.75, 3.05) is 28.6 Å². The molecule has 5 nitrogen and oxygen atoms in total. The van der Waals surface area contributed by atoms with E-state index in [9.17, 15) is 9.59 Å². The first-order valence-corrected chi connectivity index (χ1v) is 8.90. The van der Waals surface area contributed by atoms with Crippen LogP contribution in [0.4, 0.5) is 17.1 Å². The van der Waals surface area contributed by atoms with Gasteiger partial charge in [0.2, 0.25) is 0 Å². The number of anilines is 3. The Morgan fingerprint density at radius 1 is 0.808 bits per heavy atom. The van der Waals surface area contributed by atoms with Crippen LogP contribution in [0.25, 0.3) is 0 Å². The smallest absolute Gasteiger partial charge is 0.314 e. The second-order valence-electron chi connectivity index (χ2n) is 6.40. The van der Waals surface area contributed by atoms with Crippen LogP contribution in [0.15, 0.2) is 36.4 Å². The van der Waals surface area contributed by atoms with Crippen molar-refractivity contribution in [2.45, 2.75) is 34.6 Å². The number of aryl methyl sites for hydroxylation is 3. The minimum Gasteiger partial charge on any atom is -0.372 e. The van der Waals surface area contributed by atoms with Gasteiger partial charge in [-0.3, -0.25) is 9.59 Å². The van der Waals surface area contributed by atoms with Crippen molar-refractivity contribution >= 4 is 28.9 Å². The maximum absolute atomic E-state index is 12.3. The molecule has 0 fully saturated rings. The van der Waals surface area contributed by atoms with Gasteiger partial charge in [0.25, 0.3) is 0 Å². The van der Waals surface area contributed by atoms with Crippen molar-refractivity contribution in [1.82, 2.24) is 0 Å². The lowest BCUT2D eigenvalue weighted by atomic mass is 10.1. The van der Waals surface area contributed by atoms with E-state index in [2.05, 4.69) is 29.4 Å². The Balaban J connectivity index is 2.09. The molecule has 2 amide bonds. The highest BCUT2D eigenvalue weighted by molar-refractivity contribution is 6.43. The Morgan fingerprint density at radius 3 is 2.00 bits per heavy atom. The van der Waals surface area contributed by atoms with Crippen LogP contribution in [0.5, 0.6) is 0 Å². The number of carbonyl (C=O) groups is 2. The summed E-state index contributed by atoms with van der Waals surface area (Å²) in [5.41, 5.74) is 5.25. The molecule has 0 atom stereocenters. The zero-order valence-electron chi connectivity index (χ0n) is 16.1. The average molecular weight is 353 g/mol. The Labute approximate surface area is 155 Å². The van der Waals surface area contributed by atoms with Crippen molar-refractivity contribution in [3.05, 3.63) is 53.1 Å². The lowest BCUT2D eigenvalue weighted by molar-refractivity contribution is -0.133. The molecule has 0 aliphatic heterocycles. The first-order valence-electron chi connectivity index (χ1n) is 8.90. The Hall–Kier alpha value is -2.82. The fourth-order valence-corrected chi connectivity index (χ4v) is 2.80. The monoisotopic (exact) mass is 353 g/mol. The fraction of sp³-hybridized carbons (Fsp3) is 0.333. The van der Waals surface area contributed by atoms with Crippen LogP contribution in [0.3, 0.4) is 0 Å². The maximum atomic E-state index is 12.3. The zero-order valence-corrected chi connectivity index (χ0v) is 16.1. The van der Waals surface area contributed by atoms with Gasteiger partial charge in [0.1, 0.15) is 0 Å². The third-order valence-corrected chi connectivity index (χ3v) is 4.43. The summed E-state index contributed by atoms with van der Waals surface area (Å²) in [4.78, 5) is 26.7.